The predicted molar refractivity (Wildman–Crippen MR) is 127 cm³/mol. The zero-order chi connectivity index (χ0) is 20.0. The van der Waals surface area contributed by atoms with E-state index in [2.05, 4.69) is 20.9 Å². The largest absolute Gasteiger partial charge is 0.379 e. The Hall–Kier alpha value is -1.39. The van der Waals surface area contributed by atoms with Gasteiger partial charge in [0.1, 0.15) is 0 Å². The van der Waals surface area contributed by atoms with Crippen LogP contribution in [-0.4, -0.2) is 57.9 Å². The molecule has 2 rings (SSSR count). The highest BCUT2D eigenvalue weighted by atomic mass is 127. The Morgan fingerprint density at radius 2 is 2.14 bits per heavy atom. The number of guanidine groups is 1. The maximum Gasteiger partial charge on any atom is 0.251 e. The molecule has 1 heterocycles. The summed E-state index contributed by atoms with van der Waals surface area (Å²) in [5, 5.41) is 9.46. The molecule has 29 heavy (non-hydrogen) atoms. The number of carbonyl (C=O) groups excluding carboxylic acids is 1. The minimum Gasteiger partial charge on any atom is -0.379 e. The van der Waals surface area contributed by atoms with Crippen molar-refractivity contribution < 1.29 is 14.3 Å². The van der Waals surface area contributed by atoms with E-state index < -0.39 is 0 Å². The van der Waals surface area contributed by atoms with E-state index in [1.165, 1.54) is 0 Å². The van der Waals surface area contributed by atoms with E-state index in [-0.39, 0.29) is 36.0 Å². The molecule has 8 heteroatoms. The van der Waals surface area contributed by atoms with E-state index >= 15 is 0 Å². The van der Waals surface area contributed by atoms with Crippen LogP contribution in [0.15, 0.2) is 29.3 Å². The molecule has 0 aromatic heterocycles. The monoisotopic (exact) mass is 518 g/mol. The average Bonchev–Trinajstić information content (AvgIpc) is 3.24. The lowest BCUT2D eigenvalue weighted by Crippen LogP contribution is -2.37. The fraction of sp³-hybridized carbons (Fsp3) is 0.619. The highest BCUT2D eigenvalue weighted by molar-refractivity contribution is 14.0. The molecule has 1 amide bonds. The second kappa shape index (κ2) is 15.4. The third-order valence-electron chi connectivity index (χ3n) is 4.49. The van der Waals surface area contributed by atoms with Gasteiger partial charge >= 0.3 is 0 Å². The maximum absolute atomic E-state index is 12.1. The van der Waals surface area contributed by atoms with Crippen molar-refractivity contribution in [2.75, 3.05) is 40.0 Å². The summed E-state index contributed by atoms with van der Waals surface area (Å²) in [5.74, 6) is 0.703. The number of hydrogen-bond donors (Lipinski definition) is 3. The van der Waals surface area contributed by atoms with Gasteiger partial charge in [0.2, 0.25) is 0 Å². The molecule has 0 bridgehead atoms. The van der Waals surface area contributed by atoms with Crippen LogP contribution in [0, 0.1) is 0 Å². The van der Waals surface area contributed by atoms with Crippen molar-refractivity contribution in [3.8, 4) is 0 Å². The zero-order valence-corrected chi connectivity index (χ0v) is 19.9. The molecule has 1 aliphatic rings. The first-order valence-corrected chi connectivity index (χ1v) is 10.2. The second-order valence-electron chi connectivity index (χ2n) is 6.87. The molecule has 7 nitrogen and oxygen atoms in total. The molecule has 164 valence electrons. The minimum absolute atomic E-state index is 0. The quantitative estimate of drug-likeness (QED) is 0.182. The molecule has 1 unspecified atom stereocenters. The van der Waals surface area contributed by atoms with Gasteiger partial charge in [-0.1, -0.05) is 19.1 Å². The van der Waals surface area contributed by atoms with Crippen molar-refractivity contribution >= 4 is 35.8 Å². The number of hydrogen-bond acceptors (Lipinski definition) is 4. The Balaban J connectivity index is 0.00000420. The third kappa shape index (κ3) is 10.3. The molecule has 0 saturated carbocycles. The number of carbonyl (C=O) groups is 1. The van der Waals surface area contributed by atoms with Gasteiger partial charge in [-0.25, -0.2) is 0 Å². The first-order valence-electron chi connectivity index (χ1n) is 10.2. The van der Waals surface area contributed by atoms with Crippen molar-refractivity contribution in [1.82, 2.24) is 16.0 Å². The summed E-state index contributed by atoms with van der Waals surface area (Å²) in [6.45, 7) is 6.37. The number of nitrogens with one attached hydrogen (secondary N) is 3. The molecule has 1 aliphatic heterocycles. The van der Waals surface area contributed by atoms with Gasteiger partial charge in [0.05, 0.1) is 12.7 Å². The van der Waals surface area contributed by atoms with Crippen molar-refractivity contribution in [3.63, 3.8) is 0 Å². The number of halogens is 1. The highest BCUT2D eigenvalue weighted by Crippen LogP contribution is 2.11. The topological polar surface area (TPSA) is 84.0 Å². The SMILES string of the molecule is CCCNC(=O)c1cccc(CNC(=NC)NCCCOCC2CCCO2)c1.I. The van der Waals surface area contributed by atoms with E-state index in [1.54, 1.807) is 7.05 Å². The number of benzene rings is 1. The minimum atomic E-state index is -0.0331. The molecule has 0 spiro atoms. The van der Waals surface area contributed by atoms with Crippen LogP contribution in [0.25, 0.3) is 0 Å². The van der Waals surface area contributed by atoms with Gasteiger partial charge in [-0.2, -0.15) is 0 Å². The predicted octanol–water partition coefficient (Wildman–Crippen LogP) is 2.70. The first-order chi connectivity index (χ1) is 13.7. The van der Waals surface area contributed by atoms with E-state index in [4.69, 9.17) is 9.47 Å². The van der Waals surface area contributed by atoms with Gasteiger partial charge in [-0.3, -0.25) is 9.79 Å². The molecule has 1 atom stereocenters. The first kappa shape index (κ1) is 25.6. The van der Waals surface area contributed by atoms with E-state index in [0.29, 0.717) is 31.9 Å². The van der Waals surface area contributed by atoms with Gasteiger partial charge in [-0.05, 0) is 43.4 Å². The van der Waals surface area contributed by atoms with Crippen LogP contribution in [0.2, 0.25) is 0 Å². The zero-order valence-electron chi connectivity index (χ0n) is 17.5. The van der Waals surface area contributed by atoms with Crippen molar-refractivity contribution in [2.24, 2.45) is 4.99 Å². The summed E-state index contributed by atoms with van der Waals surface area (Å²) in [6.07, 6.45) is 4.36. The molecule has 1 aromatic carbocycles. The Morgan fingerprint density at radius 3 is 2.86 bits per heavy atom. The number of amides is 1. The lowest BCUT2D eigenvalue weighted by atomic mass is 10.1. The summed E-state index contributed by atoms with van der Waals surface area (Å²) in [7, 11) is 1.75. The normalized spacial score (nSPS) is 16.2. The van der Waals surface area contributed by atoms with Gasteiger partial charge < -0.3 is 25.4 Å². The van der Waals surface area contributed by atoms with Crippen LogP contribution >= 0.6 is 24.0 Å². The molecule has 1 saturated heterocycles. The summed E-state index contributed by atoms with van der Waals surface area (Å²) in [6, 6.07) is 7.64. The average molecular weight is 518 g/mol. The van der Waals surface area contributed by atoms with Crippen molar-refractivity contribution in [1.29, 1.82) is 0 Å². The van der Waals surface area contributed by atoms with Crippen molar-refractivity contribution in [2.45, 2.75) is 45.3 Å². The van der Waals surface area contributed by atoms with Crippen LogP contribution in [-0.2, 0) is 16.0 Å². The van der Waals surface area contributed by atoms with Gasteiger partial charge in [0.25, 0.3) is 5.91 Å². The van der Waals surface area contributed by atoms with Crippen LogP contribution in [0.5, 0.6) is 0 Å². The number of rotatable bonds is 11. The van der Waals surface area contributed by atoms with Gasteiger partial charge in [-0.15, -0.1) is 24.0 Å². The van der Waals surface area contributed by atoms with E-state index in [1.807, 2.05) is 31.2 Å². The fourth-order valence-corrected chi connectivity index (χ4v) is 2.94. The summed E-state index contributed by atoms with van der Waals surface area (Å²) in [4.78, 5) is 16.3. The van der Waals surface area contributed by atoms with Gasteiger partial charge in [0, 0.05) is 45.5 Å². The summed E-state index contributed by atoms with van der Waals surface area (Å²) in [5.41, 5.74) is 1.71. The molecule has 1 aromatic rings. The lowest BCUT2D eigenvalue weighted by molar-refractivity contribution is 0.0168. The third-order valence-corrected chi connectivity index (χ3v) is 4.49. The van der Waals surface area contributed by atoms with E-state index in [0.717, 1.165) is 50.4 Å². The molecular formula is C21H35IN4O3. The Labute approximate surface area is 191 Å². The molecule has 1 fully saturated rings. The van der Waals surface area contributed by atoms with E-state index in [9.17, 15) is 4.79 Å². The van der Waals surface area contributed by atoms with Crippen LogP contribution < -0.4 is 16.0 Å². The number of nitrogens with zero attached hydrogens (tertiary/aromatic N) is 1. The summed E-state index contributed by atoms with van der Waals surface area (Å²) < 4.78 is 11.2. The molecular weight excluding hydrogens is 483 g/mol. The van der Waals surface area contributed by atoms with Crippen LogP contribution in [0.3, 0.4) is 0 Å². The number of ether oxygens (including phenoxy) is 2. The fourth-order valence-electron chi connectivity index (χ4n) is 2.94. The summed E-state index contributed by atoms with van der Waals surface area (Å²) >= 11 is 0. The maximum atomic E-state index is 12.1. The van der Waals surface area contributed by atoms with Crippen LogP contribution in [0.4, 0.5) is 0 Å². The standard InChI is InChI=1S/C21H34N4O3.HI/c1-3-10-23-20(26)18-8-4-7-17(14-18)15-25-21(22-2)24-11-6-12-27-16-19-9-5-13-28-19;/h4,7-8,14,19H,3,5-6,9-13,15-16H2,1-2H3,(H,23,26)(H2,22,24,25);1H. The smallest absolute Gasteiger partial charge is 0.251 e. The lowest BCUT2D eigenvalue weighted by Gasteiger charge is -2.13. The Kier molecular flexibility index (Phi) is 13.7. The van der Waals surface area contributed by atoms with Crippen LogP contribution in [0.1, 0.15) is 48.5 Å². The Morgan fingerprint density at radius 1 is 1.28 bits per heavy atom. The van der Waals surface area contributed by atoms with Crippen molar-refractivity contribution in [3.05, 3.63) is 35.4 Å². The molecule has 3 N–H and O–H groups in total. The Bertz CT molecular complexity index is 622. The molecule has 0 aliphatic carbocycles. The second-order valence-corrected chi connectivity index (χ2v) is 6.87. The number of aliphatic imine (C=N–C) groups is 1. The molecule has 0 radical (unpaired) electrons. The highest BCUT2D eigenvalue weighted by Gasteiger charge is 2.14. The van der Waals surface area contributed by atoms with Gasteiger partial charge in [0.15, 0.2) is 5.96 Å².